The first-order valence-electron chi connectivity index (χ1n) is 7.15. The van der Waals surface area contributed by atoms with Crippen LogP contribution in [-0.2, 0) is 16.6 Å². The van der Waals surface area contributed by atoms with E-state index in [1.807, 2.05) is 13.8 Å². The Bertz CT molecular complexity index is 849. The molecule has 120 valence electrons. The minimum Gasteiger partial charge on any atom is -0.306 e. The first-order valence-corrected chi connectivity index (χ1v) is 8.80. The maximum atomic E-state index is 12.1. The van der Waals surface area contributed by atoms with Gasteiger partial charge in [-0.15, -0.1) is 0 Å². The van der Waals surface area contributed by atoms with Crippen LogP contribution in [0, 0.1) is 0 Å². The molecule has 0 aliphatic rings. The summed E-state index contributed by atoms with van der Waals surface area (Å²) in [6.07, 6.45) is 1.22. The normalized spacial score (nSPS) is 11.7. The summed E-state index contributed by atoms with van der Waals surface area (Å²) in [4.78, 5) is 26.5. The number of hydrogen-bond acceptors (Lipinski definition) is 4. The molecular formula is C14H19N3O4S. The number of benzene rings is 1. The van der Waals surface area contributed by atoms with Gasteiger partial charge in [0.1, 0.15) is 0 Å². The van der Waals surface area contributed by atoms with Crippen molar-refractivity contribution in [3.8, 4) is 0 Å². The molecule has 2 rings (SSSR count). The topological polar surface area (TPSA) is 101 Å². The number of fused-ring (bicyclic) bond motifs is 1. The average molecular weight is 325 g/mol. The predicted molar refractivity (Wildman–Crippen MR) is 84.4 cm³/mol. The molecule has 2 N–H and O–H groups in total. The second-order valence-electron chi connectivity index (χ2n) is 5.01. The summed E-state index contributed by atoms with van der Waals surface area (Å²) < 4.78 is 27.1. The van der Waals surface area contributed by atoms with E-state index >= 15 is 0 Å². The highest BCUT2D eigenvalue weighted by Gasteiger charge is 2.16. The maximum Gasteiger partial charge on any atom is 0.326 e. The van der Waals surface area contributed by atoms with Gasteiger partial charge >= 0.3 is 5.69 Å². The number of aryl methyl sites for hydroxylation is 1. The van der Waals surface area contributed by atoms with Crippen LogP contribution in [0.15, 0.2) is 23.0 Å². The van der Waals surface area contributed by atoms with E-state index in [4.69, 9.17) is 0 Å². The third-order valence-corrected chi connectivity index (χ3v) is 4.69. The van der Waals surface area contributed by atoms with Gasteiger partial charge in [0, 0.05) is 12.1 Å². The van der Waals surface area contributed by atoms with Crippen LogP contribution in [0.2, 0.25) is 0 Å². The zero-order valence-electron chi connectivity index (χ0n) is 12.5. The van der Waals surface area contributed by atoms with E-state index in [-0.39, 0.29) is 17.0 Å². The molecule has 1 aromatic carbocycles. The maximum absolute atomic E-state index is 12.1. The number of nitrogens with zero attached hydrogens (tertiary/aromatic N) is 1. The van der Waals surface area contributed by atoms with Gasteiger partial charge in [-0.2, -0.15) is 0 Å². The molecule has 0 radical (unpaired) electrons. The zero-order chi connectivity index (χ0) is 16.3. The molecule has 0 saturated heterocycles. The van der Waals surface area contributed by atoms with Gasteiger partial charge < -0.3 is 4.98 Å². The van der Waals surface area contributed by atoms with Crippen LogP contribution in [0.25, 0.3) is 11.0 Å². The summed E-state index contributed by atoms with van der Waals surface area (Å²) in [6.45, 7) is 4.15. The van der Waals surface area contributed by atoms with Gasteiger partial charge in [-0.1, -0.05) is 13.3 Å². The van der Waals surface area contributed by atoms with Crippen LogP contribution < -0.4 is 10.4 Å². The van der Waals surface area contributed by atoms with Gasteiger partial charge in [0.05, 0.1) is 16.8 Å². The lowest BCUT2D eigenvalue weighted by Gasteiger charge is -2.07. The lowest BCUT2D eigenvalue weighted by Crippen LogP contribution is -2.32. The van der Waals surface area contributed by atoms with Crippen molar-refractivity contribution < 1.29 is 13.2 Å². The SMILES string of the molecule is CCCCS(=O)(=O)NC(=O)c1ccc2[nH]c(=O)n(CC)c2c1. The van der Waals surface area contributed by atoms with Crippen LogP contribution in [0.1, 0.15) is 37.0 Å². The Kier molecular flexibility index (Phi) is 4.70. The van der Waals surface area contributed by atoms with Crippen molar-refractivity contribution in [1.29, 1.82) is 0 Å². The van der Waals surface area contributed by atoms with Crippen LogP contribution in [-0.4, -0.2) is 29.6 Å². The highest BCUT2D eigenvalue weighted by Crippen LogP contribution is 2.13. The summed E-state index contributed by atoms with van der Waals surface area (Å²) in [7, 11) is -3.63. The van der Waals surface area contributed by atoms with Gasteiger partial charge in [-0.05, 0) is 31.5 Å². The van der Waals surface area contributed by atoms with E-state index in [1.54, 1.807) is 6.07 Å². The van der Waals surface area contributed by atoms with Gasteiger partial charge in [0.15, 0.2) is 0 Å². The smallest absolute Gasteiger partial charge is 0.306 e. The lowest BCUT2D eigenvalue weighted by molar-refractivity contribution is 0.0981. The minimum atomic E-state index is -3.63. The van der Waals surface area contributed by atoms with Crippen LogP contribution in [0.3, 0.4) is 0 Å². The Hall–Kier alpha value is -2.09. The van der Waals surface area contributed by atoms with E-state index < -0.39 is 15.9 Å². The Labute approximate surface area is 128 Å². The predicted octanol–water partition coefficient (Wildman–Crippen LogP) is 1.21. The Morgan fingerprint density at radius 1 is 1.32 bits per heavy atom. The molecule has 2 aromatic rings. The quantitative estimate of drug-likeness (QED) is 0.833. The minimum absolute atomic E-state index is 0.0820. The van der Waals surface area contributed by atoms with Crippen molar-refractivity contribution in [2.45, 2.75) is 33.2 Å². The van der Waals surface area contributed by atoms with Crippen molar-refractivity contribution in [2.24, 2.45) is 0 Å². The summed E-state index contributed by atoms with van der Waals surface area (Å²) >= 11 is 0. The Balaban J connectivity index is 2.31. The first-order chi connectivity index (χ1) is 10.4. The lowest BCUT2D eigenvalue weighted by atomic mass is 10.2. The van der Waals surface area contributed by atoms with Crippen LogP contribution in [0.4, 0.5) is 0 Å². The number of imidazole rings is 1. The largest absolute Gasteiger partial charge is 0.326 e. The highest BCUT2D eigenvalue weighted by atomic mass is 32.2. The van der Waals surface area contributed by atoms with E-state index in [2.05, 4.69) is 9.71 Å². The fourth-order valence-corrected chi connectivity index (χ4v) is 3.36. The number of rotatable bonds is 6. The van der Waals surface area contributed by atoms with Crippen molar-refractivity contribution in [3.63, 3.8) is 0 Å². The van der Waals surface area contributed by atoms with Crippen molar-refractivity contribution >= 4 is 27.0 Å². The average Bonchev–Trinajstić information content (AvgIpc) is 2.78. The number of H-pyrrole nitrogens is 1. The van der Waals surface area contributed by atoms with E-state index in [0.29, 0.717) is 24.0 Å². The molecular weight excluding hydrogens is 306 g/mol. The third-order valence-electron chi connectivity index (χ3n) is 3.37. The number of aromatic amines is 1. The molecule has 0 unspecified atom stereocenters. The second-order valence-corrected chi connectivity index (χ2v) is 6.85. The molecule has 1 heterocycles. The first kappa shape index (κ1) is 16.3. The zero-order valence-corrected chi connectivity index (χ0v) is 13.4. The molecule has 8 heteroatoms. The standard InChI is InChI=1S/C14H19N3O4S/c1-3-5-8-22(20,21)16-13(18)10-6-7-11-12(9-10)17(4-2)14(19)15-11/h6-7,9H,3-5,8H2,1-2H3,(H,15,19)(H,16,18). The molecule has 0 aliphatic heterocycles. The number of carbonyl (C=O) groups is 1. The third kappa shape index (κ3) is 3.38. The summed E-state index contributed by atoms with van der Waals surface area (Å²) in [6, 6.07) is 4.60. The van der Waals surface area contributed by atoms with E-state index in [1.165, 1.54) is 16.7 Å². The van der Waals surface area contributed by atoms with Gasteiger partial charge in [-0.25, -0.2) is 17.9 Å². The van der Waals surface area contributed by atoms with Crippen molar-refractivity contribution in [1.82, 2.24) is 14.3 Å². The monoisotopic (exact) mass is 325 g/mol. The van der Waals surface area contributed by atoms with Crippen LogP contribution in [0.5, 0.6) is 0 Å². The van der Waals surface area contributed by atoms with Gasteiger partial charge in [0.25, 0.3) is 5.91 Å². The van der Waals surface area contributed by atoms with Gasteiger partial charge in [-0.3, -0.25) is 9.36 Å². The molecule has 0 spiro atoms. The summed E-state index contributed by atoms with van der Waals surface area (Å²) in [5, 5.41) is 0. The molecule has 0 bridgehead atoms. The van der Waals surface area contributed by atoms with E-state index in [9.17, 15) is 18.0 Å². The number of nitrogens with one attached hydrogen (secondary N) is 2. The number of aromatic nitrogens is 2. The fraction of sp³-hybridized carbons (Fsp3) is 0.429. The number of amides is 1. The molecule has 1 aromatic heterocycles. The Morgan fingerprint density at radius 3 is 2.68 bits per heavy atom. The van der Waals surface area contributed by atoms with E-state index in [0.717, 1.165) is 6.42 Å². The molecule has 0 fully saturated rings. The number of carbonyl (C=O) groups excluding carboxylic acids is 1. The second kappa shape index (κ2) is 6.35. The van der Waals surface area contributed by atoms with Crippen molar-refractivity contribution in [3.05, 3.63) is 34.2 Å². The summed E-state index contributed by atoms with van der Waals surface area (Å²) in [5.74, 6) is -0.768. The van der Waals surface area contributed by atoms with Gasteiger partial charge in [0.2, 0.25) is 10.0 Å². The fourth-order valence-electron chi connectivity index (χ4n) is 2.19. The number of unbranched alkanes of at least 4 members (excludes halogenated alkanes) is 1. The van der Waals surface area contributed by atoms with Crippen LogP contribution >= 0.6 is 0 Å². The molecule has 0 saturated carbocycles. The number of sulfonamides is 1. The molecule has 1 amide bonds. The molecule has 0 aliphatic carbocycles. The van der Waals surface area contributed by atoms with Crippen molar-refractivity contribution in [2.75, 3.05) is 5.75 Å². The molecule has 7 nitrogen and oxygen atoms in total. The molecule has 0 atom stereocenters. The summed E-state index contributed by atoms with van der Waals surface area (Å²) in [5.41, 5.74) is 1.13. The number of hydrogen-bond donors (Lipinski definition) is 2. The Morgan fingerprint density at radius 2 is 2.05 bits per heavy atom. The molecule has 22 heavy (non-hydrogen) atoms. The highest BCUT2D eigenvalue weighted by molar-refractivity contribution is 7.90.